The molecule has 5 nitrogen and oxygen atoms in total. The third-order valence-corrected chi connectivity index (χ3v) is 4.29. The first kappa shape index (κ1) is 17.5. The lowest BCUT2D eigenvalue weighted by molar-refractivity contribution is 0.442. The molecule has 1 aromatic rings. The molecule has 8 heteroatoms. The standard InChI is InChI=1S/C12H18Cl2N2O3S/c1-3-10(15-6-7-16-20(2,18)19)8-4-5-9(13)11(14)12(8)17/h4-5,10,15-17H,3,6-7H2,1-2H3/t10-/m0/s1. The average molecular weight is 341 g/mol. The first-order valence-corrected chi connectivity index (χ1v) is 8.76. The SMILES string of the molecule is CC[C@H](NCCNS(C)(=O)=O)c1ccc(Cl)c(Cl)c1O. The van der Waals surface area contributed by atoms with Gasteiger partial charge in [0.05, 0.1) is 11.3 Å². The number of halogens is 2. The van der Waals surface area contributed by atoms with Crippen LogP contribution in [0.25, 0.3) is 0 Å². The molecule has 0 heterocycles. The second-order valence-electron chi connectivity index (χ2n) is 4.38. The van der Waals surface area contributed by atoms with E-state index in [4.69, 9.17) is 23.2 Å². The summed E-state index contributed by atoms with van der Waals surface area (Å²) in [5, 5.41) is 13.6. The maximum absolute atomic E-state index is 10.9. The second-order valence-corrected chi connectivity index (χ2v) is 7.00. The van der Waals surface area contributed by atoms with Crippen molar-refractivity contribution in [2.45, 2.75) is 19.4 Å². The van der Waals surface area contributed by atoms with Crippen molar-refractivity contribution in [1.82, 2.24) is 10.0 Å². The Balaban J connectivity index is 2.70. The van der Waals surface area contributed by atoms with E-state index < -0.39 is 10.0 Å². The van der Waals surface area contributed by atoms with Crippen molar-refractivity contribution < 1.29 is 13.5 Å². The van der Waals surface area contributed by atoms with Gasteiger partial charge in [-0.25, -0.2) is 13.1 Å². The number of nitrogens with one attached hydrogen (secondary N) is 2. The monoisotopic (exact) mass is 340 g/mol. The highest BCUT2D eigenvalue weighted by molar-refractivity contribution is 7.88. The van der Waals surface area contributed by atoms with Crippen LogP contribution in [0.15, 0.2) is 12.1 Å². The number of aromatic hydroxyl groups is 1. The molecule has 0 aliphatic carbocycles. The van der Waals surface area contributed by atoms with Crippen LogP contribution in [0.1, 0.15) is 24.9 Å². The van der Waals surface area contributed by atoms with Gasteiger partial charge in [-0.1, -0.05) is 36.2 Å². The van der Waals surface area contributed by atoms with Crippen LogP contribution in [-0.4, -0.2) is 32.9 Å². The Morgan fingerprint density at radius 3 is 2.50 bits per heavy atom. The number of hydrogen-bond acceptors (Lipinski definition) is 4. The van der Waals surface area contributed by atoms with Gasteiger partial charge in [0.15, 0.2) is 0 Å². The van der Waals surface area contributed by atoms with Crippen molar-refractivity contribution in [2.75, 3.05) is 19.3 Å². The number of sulfonamides is 1. The summed E-state index contributed by atoms with van der Waals surface area (Å²) in [6.45, 7) is 2.66. The van der Waals surface area contributed by atoms with E-state index in [0.29, 0.717) is 23.6 Å². The highest BCUT2D eigenvalue weighted by Gasteiger charge is 2.17. The Morgan fingerprint density at radius 2 is 1.95 bits per heavy atom. The van der Waals surface area contributed by atoms with Gasteiger partial charge in [0.25, 0.3) is 0 Å². The molecule has 0 fully saturated rings. The molecular formula is C12H18Cl2N2O3S. The van der Waals surface area contributed by atoms with Gasteiger partial charge < -0.3 is 10.4 Å². The molecule has 20 heavy (non-hydrogen) atoms. The summed E-state index contributed by atoms with van der Waals surface area (Å²) in [6.07, 6.45) is 1.82. The third kappa shape index (κ3) is 5.10. The van der Waals surface area contributed by atoms with Crippen molar-refractivity contribution >= 4 is 33.2 Å². The van der Waals surface area contributed by atoms with Crippen LogP contribution >= 0.6 is 23.2 Å². The summed E-state index contributed by atoms with van der Waals surface area (Å²) in [7, 11) is -3.19. The smallest absolute Gasteiger partial charge is 0.208 e. The maximum atomic E-state index is 10.9. The Labute approximate surface area is 129 Å². The molecule has 0 spiro atoms. The summed E-state index contributed by atoms with van der Waals surface area (Å²) >= 11 is 11.7. The predicted octanol–water partition coefficient (Wildman–Crippen LogP) is 2.29. The largest absolute Gasteiger partial charge is 0.506 e. The fourth-order valence-electron chi connectivity index (χ4n) is 1.79. The molecule has 0 unspecified atom stereocenters. The Kier molecular flexibility index (Phi) is 6.54. The lowest BCUT2D eigenvalue weighted by Crippen LogP contribution is -2.32. The van der Waals surface area contributed by atoms with E-state index in [-0.39, 0.29) is 23.4 Å². The number of phenolic OH excluding ortho intramolecular Hbond substituents is 1. The van der Waals surface area contributed by atoms with Crippen molar-refractivity contribution in [3.05, 3.63) is 27.7 Å². The van der Waals surface area contributed by atoms with E-state index in [0.717, 1.165) is 6.26 Å². The first-order valence-electron chi connectivity index (χ1n) is 6.11. The predicted molar refractivity (Wildman–Crippen MR) is 82.0 cm³/mol. The van der Waals surface area contributed by atoms with Crippen LogP contribution in [0.4, 0.5) is 0 Å². The van der Waals surface area contributed by atoms with Gasteiger partial charge in [-0.3, -0.25) is 0 Å². The zero-order chi connectivity index (χ0) is 15.3. The zero-order valence-corrected chi connectivity index (χ0v) is 13.6. The lowest BCUT2D eigenvalue weighted by Gasteiger charge is -2.19. The van der Waals surface area contributed by atoms with Gasteiger partial charge >= 0.3 is 0 Å². The number of benzene rings is 1. The van der Waals surface area contributed by atoms with Gasteiger partial charge in [-0.05, 0) is 12.5 Å². The molecule has 1 rings (SSSR count). The normalized spacial score (nSPS) is 13.4. The van der Waals surface area contributed by atoms with Crippen molar-refractivity contribution in [3.8, 4) is 5.75 Å². The molecule has 0 saturated carbocycles. The number of hydrogen-bond donors (Lipinski definition) is 3. The molecule has 1 atom stereocenters. The summed E-state index contributed by atoms with van der Waals surface area (Å²) in [5.74, 6) is -0.0467. The van der Waals surface area contributed by atoms with Crippen LogP contribution in [-0.2, 0) is 10.0 Å². The van der Waals surface area contributed by atoms with E-state index in [1.165, 1.54) is 0 Å². The van der Waals surface area contributed by atoms with Crippen LogP contribution in [0.5, 0.6) is 5.75 Å². The molecule has 1 aromatic carbocycles. The van der Waals surface area contributed by atoms with Gasteiger partial charge in [-0.15, -0.1) is 0 Å². The fraction of sp³-hybridized carbons (Fsp3) is 0.500. The van der Waals surface area contributed by atoms with E-state index in [1.807, 2.05) is 6.92 Å². The molecular weight excluding hydrogens is 323 g/mol. The van der Waals surface area contributed by atoms with Gasteiger partial charge in [0.2, 0.25) is 10.0 Å². The summed E-state index contributed by atoms with van der Waals surface area (Å²) in [6, 6.07) is 3.19. The minimum absolute atomic E-state index is 0.0467. The van der Waals surface area contributed by atoms with Crippen LogP contribution in [0, 0.1) is 0 Å². The summed E-state index contributed by atoms with van der Waals surface area (Å²) in [4.78, 5) is 0. The van der Waals surface area contributed by atoms with E-state index in [9.17, 15) is 13.5 Å². The molecule has 0 saturated heterocycles. The minimum atomic E-state index is -3.19. The van der Waals surface area contributed by atoms with Crippen molar-refractivity contribution in [1.29, 1.82) is 0 Å². The quantitative estimate of drug-likeness (QED) is 0.665. The molecule has 3 N–H and O–H groups in total. The van der Waals surface area contributed by atoms with Crippen molar-refractivity contribution in [2.24, 2.45) is 0 Å². The molecule has 114 valence electrons. The summed E-state index contributed by atoms with van der Waals surface area (Å²) < 4.78 is 24.3. The van der Waals surface area contributed by atoms with E-state index >= 15 is 0 Å². The Bertz CT molecular complexity index is 564. The highest BCUT2D eigenvalue weighted by atomic mass is 35.5. The molecule has 0 aromatic heterocycles. The van der Waals surface area contributed by atoms with E-state index in [1.54, 1.807) is 12.1 Å². The van der Waals surface area contributed by atoms with Crippen molar-refractivity contribution in [3.63, 3.8) is 0 Å². The molecule has 0 bridgehead atoms. The lowest BCUT2D eigenvalue weighted by atomic mass is 10.0. The minimum Gasteiger partial charge on any atom is -0.506 e. The topological polar surface area (TPSA) is 78.4 Å². The number of rotatable bonds is 7. The maximum Gasteiger partial charge on any atom is 0.208 e. The fourth-order valence-corrected chi connectivity index (χ4v) is 2.59. The first-order chi connectivity index (χ1) is 9.26. The summed E-state index contributed by atoms with van der Waals surface area (Å²) in [5.41, 5.74) is 0.640. The highest BCUT2D eigenvalue weighted by Crippen LogP contribution is 2.37. The van der Waals surface area contributed by atoms with Crippen LogP contribution in [0.3, 0.4) is 0 Å². The molecule has 0 radical (unpaired) electrons. The number of phenols is 1. The second kappa shape index (κ2) is 7.47. The van der Waals surface area contributed by atoms with Gasteiger partial charge in [-0.2, -0.15) is 0 Å². The van der Waals surface area contributed by atoms with Crippen LogP contribution < -0.4 is 10.0 Å². The van der Waals surface area contributed by atoms with Gasteiger partial charge in [0, 0.05) is 24.7 Å². The van der Waals surface area contributed by atoms with E-state index in [2.05, 4.69) is 10.0 Å². The van der Waals surface area contributed by atoms with Crippen LogP contribution in [0.2, 0.25) is 10.0 Å². The Hall–Kier alpha value is -0.530. The third-order valence-electron chi connectivity index (χ3n) is 2.76. The molecule has 0 amide bonds. The average Bonchev–Trinajstić information content (AvgIpc) is 2.36. The molecule has 0 aliphatic rings. The zero-order valence-electron chi connectivity index (χ0n) is 11.3. The van der Waals surface area contributed by atoms with Gasteiger partial charge in [0.1, 0.15) is 10.8 Å². The Morgan fingerprint density at radius 1 is 1.30 bits per heavy atom. The molecule has 0 aliphatic heterocycles.